The van der Waals surface area contributed by atoms with Gasteiger partial charge in [0.2, 0.25) is 11.8 Å². The predicted molar refractivity (Wildman–Crippen MR) is 118 cm³/mol. The van der Waals surface area contributed by atoms with Crippen LogP contribution in [0.3, 0.4) is 0 Å². The molecule has 158 valence electrons. The summed E-state index contributed by atoms with van der Waals surface area (Å²) in [6.07, 6.45) is 2.26. The first-order valence-corrected chi connectivity index (χ1v) is 10.9. The van der Waals surface area contributed by atoms with E-state index in [1.807, 2.05) is 6.26 Å². The molecule has 1 aliphatic rings. The van der Waals surface area contributed by atoms with E-state index in [0.29, 0.717) is 29.2 Å². The van der Waals surface area contributed by atoms with Crippen molar-refractivity contribution in [2.75, 3.05) is 34.1 Å². The number of thioether (sulfide) groups is 1. The second-order valence-corrected chi connectivity index (χ2v) is 7.95. The smallest absolute Gasteiger partial charge is 0.323 e. The van der Waals surface area contributed by atoms with Crippen LogP contribution in [-0.4, -0.2) is 42.4 Å². The van der Waals surface area contributed by atoms with E-state index in [1.54, 1.807) is 24.3 Å². The first kappa shape index (κ1) is 21.9. The number of rotatable bonds is 6. The number of nitrogens with zero attached hydrogens (tertiary/aromatic N) is 1. The second kappa shape index (κ2) is 9.82. The summed E-state index contributed by atoms with van der Waals surface area (Å²) in [5, 5.41) is 7.94. The Kier molecular flexibility index (Phi) is 7.17. The zero-order valence-corrected chi connectivity index (χ0v) is 17.6. The molecule has 0 bridgehead atoms. The maximum absolute atomic E-state index is 13.3. The van der Waals surface area contributed by atoms with Crippen LogP contribution in [0.2, 0.25) is 5.02 Å². The number of carbonyl (C=O) groups excluding carboxylic acids is 3. The zero-order valence-electron chi connectivity index (χ0n) is 16.1. The molecule has 3 rings (SSSR count). The fourth-order valence-corrected chi connectivity index (χ4v) is 3.60. The highest BCUT2D eigenvalue weighted by molar-refractivity contribution is 7.98. The summed E-state index contributed by atoms with van der Waals surface area (Å²) in [4.78, 5) is 39.0. The Labute approximate surface area is 182 Å². The van der Waals surface area contributed by atoms with Gasteiger partial charge in [-0.15, -0.1) is 0 Å². The van der Waals surface area contributed by atoms with E-state index in [9.17, 15) is 18.8 Å². The Balaban J connectivity index is 1.75. The van der Waals surface area contributed by atoms with Crippen LogP contribution >= 0.6 is 23.4 Å². The number of carbonyl (C=O) groups is 3. The first-order valence-electron chi connectivity index (χ1n) is 9.11. The maximum Gasteiger partial charge on any atom is 0.323 e. The Morgan fingerprint density at radius 2 is 2.07 bits per heavy atom. The molecular formula is C20H20ClFN4O3S. The minimum Gasteiger partial charge on any atom is -0.326 e. The molecule has 4 amide bonds. The van der Waals surface area contributed by atoms with E-state index < -0.39 is 23.8 Å². The topological polar surface area (TPSA) is 90.5 Å². The van der Waals surface area contributed by atoms with Crippen LogP contribution in [0, 0.1) is 5.82 Å². The number of urea groups is 1. The van der Waals surface area contributed by atoms with Gasteiger partial charge in [0.1, 0.15) is 18.4 Å². The monoisotopic (exact) mass is 450 g/mol. The van der Waals surface area contributed by atoms with Gasteiger partial charge >= 0.3 is 6.03 Å². The van der Waals surface area contributed by atoms with Crippen molar-refractivity contribution in [2.45, 2.75) is 12.5 Å². The van der Waals surface area contributed by atoms with Gasteiger partial charge in [0, 0.05) is 5.69 Å². The normalized spacial score (nSPS) is 13.8. The summed E-state index contributed by atoms with van der Waals surface area (Å²) in [5.74, 6) is -0.756. The molecule has 0 saturated carbocycles. The molecule has 2 aromatic carbocycles. The lowest BCUT2D eigenvalue weighted by molar-refractivity contribution is -0.118. The summed E-state index contributed by atoms with van der Waals surface area (Å²) in [5.41, 5.74) is 1.39. The fraction of sp³-hybridized carbons (Fsp3) is 0.250. The number of anilines is 3. The summed E-state index contributed by atoms with van der Waals surface area (Å²) < 4.78 is 13.3. The lowest BCUT2D eigenvalue weighted by Gasteiger charge is -2.30. The van der Waals surface area contributed by atoms with Crippen molar-refractivity contribution in [1.29, 1.82) is 0 Å². The van der Waals surface area contributed by atoms with E-state index in [-0.39, 0.29) is 17.5 Å². The van der Waals surface area contributed by atoms with Crippen molar-refractivity contribution in [3.05, 3.63) is 53.3 Å². The molecule has 0 saturated heterocycles. The van der Waals surface area contributed by atoms with Crippen LogP contribution in [0.25, 0.3) is 0 Å². The number of fused-ring (bicyclic) bond motifs is 1. The third-order valence-corrected chi connectivity index (χ3v) is 5.36. The van der Waals surface area contributed by atoms with Gasteiger partial charge < -0.3 is 16.0 Å². The maximum atomic E-state index is 13.3. The van der Waals surface area contributed by atoms with Crippen LogP contribution in [0.1, 0.15) is 6.42 Å². The van der Waals surface area contributed by atoms with Gasteiger partial charge in [0.05, 0.1) is 16.4 Å². The largest absolute Gasteiger partial charge is 0.326 e. The molecule has 0 radical (unpaired) electrons. The SMILES string of the molecule is CSCC[C@H](NC(=O)N1CC(=O)Nc2ccccc21)C(=O)Nc1ccc(F)c(Cl)c1. The molecule has 7 nitrogen and oxygen atoms in total. The minimum atomic E-state index is -0.856. The van der Waals surface area contributed by atoms with Crippen molar-refractivity contribution in [3.8, 4) is 0 Å². The van der Waals surface area contributed by atoms with Crippen molar-refractivity contribution in [3.63, 3.8) is 0 Å². The van der Waals surface area contributed by atoms with E-state index in [2.05, 4.69) is 16.0 Å². The average Bonchev–Trinajstić information content (AvgIpc) is 2.72. The highest BCUT2D eigenvalue weighted by Gasteiger charge is 2.29. The molecule has 3 N–H and O–H groups in total. The molecule has 2 aromatic rings. The number of para-hydroxylation sites is 2. The number of nitrogens with one attached hydrogen (secondary N) is 3. The molecule has 0 unspecified atom stereocenters. The lowest BCUT2D eigenvalue weighted by atomic mass is 10.2. The van der Waals surface area contributed by atoms with Gasteiger partial charge in [-0.2, -0.15) is 11.8 Å². The number of hydrogen-bond acceptors (Lipinski definition) is 4. The molecule has 10 heteroatoms. The molecule has 0 spiro atoms. The number of hydrogen-bond donors (Lipinski definition) is 3. The Morgan fingerprint density at radius 1 is 1.30 bits per heavy atom. The summed E-state index contributed by atoms with van der Waals surface area (Å²) in [6.45, 7) is -0.159. The standard InChI is InChI=1S/C20H20ClFN4O3S/c1-30-9-8-16(19(28)23-12-6-7-14(22)13(21)10-12)25-20(29)26-11-18(27)24-15-4-2-3-5-17(15)26/h2-7,10,16H,8-9,11H2,1H3,(H,23,28)(H,24,27)(H,25,29)/t16-/m0/s1. The van der Waals surface area contributed by atoms with Crippen molar-refractivity contribution in [1.82, 2.24) is 5.32 Å². The molecule has 0 aromatic heterocycles. The second-order valence-electron chi connectivity index (χ2n) is 6.55. The van der Waals surface area contributed by atoms with Crippen LogP contribution in [0.4, 0.5) is 26.2 Å². The molecule has 0 aliphatic carbocycles. The van der Waals surface area contributed by atoms with Gasteiger partial charge in [-0.1, -0.05) is 23.7 Å². The van der Waals surface area contributed by atoms with E-state index in [4.69, 9.17) is 11.6 Å². The first-order chi connectivity index (χ1) is 14.4. The Hall–Kier alpha value is -2.78. The quantitative estimate of drug-likeness (QED) is 0.625. The van der Waals surface area contributed by atoms with Gasteiger partial charge in [-0.05, 0) is 48.8 Å². The summed E-state index contributed by atoms with van der Waals surface area (Å²) >= 11 is 7.29. The summed E-state index contributed by atoms with van der Waals surface area (Å²) in [7, 11) is 0. The highest BCUT2D eigenvalue weighted by atomic mass is 35.5. The van der Waals surface area contributed by atoms with E-state index >= 15 is 0 Å². The van der Waals surface area contributed by atoms with Gasteiger partial charge in [-0.25, -0.2) is 9.18 Å². The molecule has 1 heterocycles. The molecule has 1 atom stereocenters. The number of benzene rings is 2. The third kappa shape index (κ3) is 5.22. The summed E-state index contributed by atoms with van der Waals surface area (Å²) in [6, 6.07) is 9.34. The Bertz CT molecular complexity index is 975. The zero-order chi connectivity index (χ0) is 21.7. The van der Waals surface area contributed by atoms with Crippen LogP contribution in [-0.2, 0) is 9.59 Å². The number of amides is 4. The fourth-order valence-electron chi connectivity index (χ4n) is 2.95. The van der Waals surface area contributed by atoms with Crippen molar-refractivity contribution in [2.24, 2.45) is 0 Å². The van der Waals surface area contributed by atoms with Crippen LogP contribution < -0.4 is 20.9 Å². The van der Waals surface area contributed by atoms with Crippen molar-refractivity contribution < 1.29 is 18.8 Å². The predicted octanol–water partition coefficient (Wildman–Crippen LogP) is 3.71. The molecule has 30 heavy (non-hydrogen) atoms. The molecular weight excluding hydrogens is 431 g/mol. The van der Waals surface area contributed by atoms with Gasteiger partial charge in [0.25, 0.3) is 0 Å². The molecule has 1 aliphatic heterocycles. The van der Waals surface area contributed by atoms with E-state index in [1.165, 1.54) is 28.8 Å². The van der Waals surface area contributed by atoms with Gasteiger partial charge in [-0.3, -0.25) is 14.5 Å². The lowest BCUT2D eigenvalue weighted by Crippen LogP contribution is -2.53. The average molecular weight is 451 g/mol. The minimum absolute atomic E-state index is 0.117. The van der Waals surface area contributed by atoms with Crippen LogP contribution in [0.15, 0.2) is 42.5 Å². The van der Waals surface area contributed by atoms with Gasteiger partial charge in [0.15, 0.2) is 0 Å². The van der Waals surface area contributed by atoms with E-state index in [0.717, 1.165) is 6.07 Å². The van der Waals surface area contributed by atoms with Crippen molar-refractivity contribution >= 4 is 58.3 Å². The Morgan fingerprint density at radius 3 is 2.80 bits per heavy atom. The number of halogens is 2. The third-order valence-electron chi connectivity index (χ3n) is 4.43. The molecule has 0 fully saturated rings. The van der Waals surface area contributed by atoms with Crippen LogP contribution in [0.5, 0.6) is 0 Å². The highest BCUT2D eigenvalue weighted by Crippen LogP contribution is 2.29.